The second-order valence-electron chi connectivity index (χ2n) is 6.97. The summed E-state index contributed by atoms with van der Waals surface area (Å²) in [6, 6.07) is 0. The van der Waals surface area contributed by atoms with Gasteiger partial charge < -0.3 is 9.80 Å². The maximum Gasteiger partial charge on any atom is 0.222 e. The molecule has 0 saturated carbocycles. The second-order valence-corrected chi connectivity index (χ2v) is 8.63. The van der Waals surface area contributed by atoms with E-state index in [1.165, 1.54) is 25.9 Å². The number of likely N-dealkylation sites (tertiary alicyclic amines) is 2. The number of nitrogens with zero attached hydrogens (tertiary/aromatic N) is 2. The lowest BCUT2D eigenvalue weighted by atomic mass is 9.99. The Morgan fingerprint density at radius 1 is 1.18 bits per heavy atom. The SMILES string of the molecule is CC1CCN(CCCCN2CC(CS(N)(=O)=O)CC2=O)CC1. The Labute approximate surface area is 134 Å². The van der Waals surface area contributed by atoms with Crippen LogP contribution in [-0.2, 0) is 14.8 Å². The molecule has 2 heterocycles. The first-order valence-electron chi connectivity index (χ1n) is 8.34. The van der Waals surface area contributed by atoms with Crippen molar-refractivity contribution in [3.63, 3.8) is 0 Å². The molecule has 6 nitrogen and oxygen atoms in total. The van der Waals surface area contributed by atoms with Crippen LogP contribution in [0.2, 0.25) is 0 Å². The van der Waals surface area contributed by atoms with E-state index in [-0.39, 0.29) is 17.6 Å². The van der Waals surface area contributed by atoms with Gasteiger partial charge in [0.1, 0.15) is 0 Å². The summed E-state index contributed by atoms with van der Waals surface area (Å²) >= 11 is 0. The quantitative estimate of drug-likeness (QED) is 0.694. The lowest BCUT2D eigenvalue weighted by Gasteiger charge is -2.30. The Kier molecular flexibility index (Phi) is 6.23. The molecule has 2 aliphatic heterocycles. The van der Waals surface area contributed by atoms with Gasteiger partial charge in [-0.1, -0.05) is 6.92 Å². The number of hydrogen-bond donors (Lipinski definition) is 1. The van der Waals surface area contributed by atoms with Crippen LogP contribution in [0, 0.1) is 11.8 Å². The van der Waals surface area contributed by atoms with Gasteiger partial charge in [0.15, 0.2) is 0 Å². The molecule has 2 aliphatic rings. The molecular weight excluding hydrogens is 302 g/mol. The molecule has 0 aromatic rings. The molecular formula is C15H29N3O3S. The van der Waals surface area contributed by atoms with E-state index in [1.54, 1.807) is 4.90 Å². The Morgan fingerprint density at radius 2 is 1.82 bits per heavy atom. The largest absolute Gasteiger partial charge is 0.342 e. The molecule has 22 heavy (non-hydrogen) atoms. The third-order valence-corrected chi connectivity index (χ3v) is 5.73. The minimum atomic E-state index is -3.48. The van der Waals surface area contributed by atoms with E-state index >= 15 is 0 Å². The Hall–Kier alpha value is -0.660. The molecule has 0 aromatic heterocycles. The van der Waals surface area contributed by atoms with Crippen LogP contribution in [0.1, 0.15) is 39.0 Å². The molecule has 128 valence electrons. The second kappa shape index (κ2) is 7.75. The van der Waals surface area contributed by atoms with Crippen molar-refractivity contribution in [2.45, 2.75) is 39.0 Å². The van der Waals surface area contributed by atoms with Crippen molar-refractivity contribution in [3.05, 3.63) is 0 Å². The lowest BCUT2D eigenvalue weighted by Crippen LogP contribution is -2.34. The molecule has 0 aromatic carbocycles. The Balaban J connectivity index is 1.62. The van der Waals surface area contributed by atoms with Crippen LogP contribution in [-0.4, -0.2) is 62.6 Å². The van der Waals surface area contributed by atoms with E-state index in [9.17, 15) is 13.2 Å². The summed E-state index contributed by atoms with van der Waals surface area (Å²) in [5, 5.41) is 5.06. The number of rotatable bonds is 7. The van der Waals surface area contributed by atoms with E-state index in [0.29, 0.717) is 13.0 Å². The lowest BCUT2D eigenvalue weighted by molar-refractivity contribution is -0.127. The summed E-state index contributed by atoms with van der Waals surface area (Å²) in [6.07, 6.45) is 4.98. The molecule has 2 rings (SSSR count). The normalized spacial score (nSPS) is 25.1. The minimum absolute atomic E-state index is 0.0699. The minimum Gasteiger partial charge on any atom is -0.342 e. The Morgan fingerprint density at radius 3 is 2.45 bits per heavy atom. The molecule has 2 fully saturated rings. The van der Waals surface area contributed by atoms with Gasteiger partial charge in [-0.2, -0.15) is 0 Å². The van der Waals surface area contributed by atoms with Crippen molar-refractivity contribution in [2.75, 3.05) is 38.5 Å². The first-order valence-corrected chi connectivity index (χ1v) is 10.1. The highest BCUT2D eigenvalue weighted by atomic mass is 32.2. The summed E-state index contributed by atoms with van der Waals surface area (Å²) in [5.41, 5.74) is 0. The van der Waals surface area contributed by atoms with Gasteiger partial charge >= 0.3 is 0 Å². The number of piperidine rings is 1. The summed E-state index contributed by atoms with van der Waals surface area (Å²) in [5.74, 6) is 0.710. The predicted octanol–water partition coefficient (Wildman–Crippen LogP) is 0.636. The Bertz CT molecular complexity index is 472. The van der Waals surface area contributed by atoms with Crippen molar-refractivity contribution >= 4 is 15.9 Å². The fourth-order valence-corrected chi connectivity index (χ4v) is 4.31. The van der Waals surface area contributed by atoms with E-state index in [1.807, 2.05) is 0 Å². The molecule has 1 unspecified atom stereocenters. The number of carbonyl (C=O) groups is 1. The summed E-state index contributed by atoms with van der Waals surface area (Å²) in [4.78, 5) is 16.2. The van der Waals surface area contributed by atoms with Crippen LogP contribution >= 0.6 is 0 Å². The van der Waals surface area contributed by atoms with Crippen molar-refractivity contribution < 1.29 is 13.2 Å². The smallest absolute Gasteiger partial charge is 0.222 e. The van der Waals surface area contributed by atoms with Crippen LogP contribution in [0.25, 0.3) is 0 Å². The van der Waals surface area contributed by atoms with Crippen LogP contribution < -0.4 is 5.14 Å². The topological polar surface area (TPSA) is 83.7 Å². The standard InChI is InChI=1S/C15H29N3O3S/c1-13-4-8-17(9-5-13)6-2-3-7-18-11-14(10-15(18)19)12-22(16,20)21/h13-14H,2-12H2,1H3,(H2,16,20,21). The van der Waals surface area contributed by atoms with E-state index < -0.39 is 10.0 Å². The molecule has 0 aliphatic carbocycles. The number of hydrogen-bond acceptors (Lipinski definition) is 4. The highest BCUT2D eigenvalue weighted by Gasteiger charge is 2.31. The average Bonchev–Trinajstić information content (AvgIpc) is 2.74. The van der Waals surface area contributed by atoms with Crippen LogP contribution in [0.5, 0.6) is 0 Å². The number of nitrogens with two attached hydrogens (primary N) is 1. The monoisotopic (exact) mass is 331 g/mol. The maximum absolute atomic E-state index is 11.9. The fourth-order valence-electron chi connectivity index (χ4n) is 3.43. The average molecular weight is 331 g/mol. The first-order chi connectivity index (χ1) is 10.3. The van der Waals surface area contributed by atoms with Crippen LogP contribution in [0.3, 0.4) is 0 Å². The van der Waals surface area contributed by atoms with Gasteiger partial charge in [-0.25, -0.2) is 13.6 Å². The molecule has 1 amide bonds. The van der Waals surface area contributed by atoms with Crippen molar-refractivity contribution in [1.82, 2.24) is 9.80 Å². The van der Waals surface area contributed by atoms with Gasteiger partial charge in [-0.05, 0) is 51.2 Å². The summed E-state index contributed by atoms with van der Waals surface area (Å²) in [6.45, 7) is 7.09. The van der Waals surface area contributed by atoms with Gasteiger partial charge in [0.2, 0.25) is 15.9 Å². The van der Waals surface area contributed by atoms with Gasteiger partial charge in [-0.15, -0.1) is 0 Å². The molecule has 0 spiro atoms. The van der Waals surface area contributed by atoms with Crippen LogP contribution in [0.15, 0.2) is 0 Å². The molecule has 2 saturated heterocycles. The molecule has 7 heteroatoms. The molecule has 1 atom stereocenters. The molecule has 0 bridgehead atoms. The number of sulfonamides is 1. The van der Waals surface area contributed by atoms with E-state index in [0.717, 1.165) is 31.8 Å². The van der Waals surface area contributed by atoms with Crippen LogP contribution in [0.4, 0.5) is 0 Å². The summed E-state index contributed by atoms with van der Waals surface area (Å²) < 4.78 is 22.2. The number of amides is 1. The van der Waals surface area contributed by atoms with E-state index in [2.05, 4.69) is 11.8 Å². The third kappa shape index (κ3) is 5.85. The molecule has 0 radical (unpaired) electrons. The van der Waals surface area contributed by atoms with E-state index in [4.69, 9.17) is 5.14 Å². The van der Waals surface area contributed by atoms with Crippen molar-refractivity contribution in [1.29, 1.82) is 0 Å². The van der Waals surface area contributed by atoms with Gasteiger partial charge in [0.05, 0.1) is 5.75 Å². The zero-order valence-electron chi connectivity index (χ0n) is 13.5. The highest BCUT2D eigenvalue weighted by Crippen LogP contribution is 2.20. The third-order valence-electron chi connectivity index (χ3n) is 4.79. The van der Waals surface area contributed by atoms with Gasteiger partial charge in [-0.3, -0.25) is 4.79 Å². The summed E-state index contributed by atoms with van der Waals surface area (Å²) in [7, 11) is -3.48. The molecule has 2 N–H and O–H groups in total. The predicted molar refractivity (Wildman–Crippen MR) is 86.7 cm³/mol. The van der Waals surface area contributed by atoms with Crippen molar-refractivity contribution in [2.24, 2.45) is 17.0 Å². The zero-order chi connectivity index (χ0) is 16.2. The van der Waals surface area contributed by atoms with Crippen molar-refractivity contribution in [3.8, 4) is 0 Å². The number of unbranched alkanes of at least 4 members (excludes halogenated alkanes) is 1. The maximum atomic E-state index is 11.9. The highest BCUT2D eigenvalue weighted by molar-refractivity contribution is 7.89. The number of primary sulfonamides is 1. The number of carbonyl (C=O) groups excluding carboxylic acids is 1. The zero-order valence-corrected chi connectivity index (χ0v) is 14.4. The fraction of sp³-hybridized carbons (Fsp3) is 0.933. The first kappa shape index (κ1) is 17.7. The van der Waals surface area contributed by atoms with Gasteiger partial charge in [0, 0.05) is 25.4 Å². The van der Waals surface area contributed by atoms with Gasteiger partial charge in [0.25, 0.3) is 0 Å².